The van der Waals surface area contributed by atoms with Gasteiger partial charge in [0.15, 0.2) is 0 Å². The fraction of sp³-hybridized carbons (Fsp3) is 0.0286. The third-order valence-electron chi connectivity index (χ3n) is 5.52. The van der Waals surface area contributed by atoms with E-state index in [-0.39, 0.29) is 50.7 Å². The van der Waals surface area contributed by atoms with Crippen LogP contribution in [0, 0.1) is 6.08 Å². The third-order valence-corrected chi connectivity index (χ3v) is 6.76. The second-order valence-electron chi connectivity index (χ2n) is 8.17. The average molecular weight is 727 g/mol. The van der Waals surface area contributed by atoms with Crippen LogP contribution in [-0.2, 0) is 25.8 Å². The third kappa shape index (κ3) is 12.3. The molecule has 6 aromatic rings. The van der Waals surface area contributed by atoms with E-state index >= 15 is 0 Å². The van der Waals surface area contributed by atoms with Crippen molar-refractivity contribution in [2.24, 2.45) is 0 Å². The van der Waals surface area contributed by atoms with E-state index in [4.69, 9.17) is 0 Å². The molecule has 196 valence electrons. The maximum Gasteiger partial charge on any atom is 0.121 e. The summed E-state index contributed by atoms with van der Waals surface area (Å²) in [6.07, 6.45) is 10.0. The van der Waals surface area contributed by atoms with Gasteiger partial charge in [-0.3, -0.25) is 6.08 Å². The molecule has 39 heavy (non-hydrogen) atoms. The minimum atomic E-state index is 0. The second kappa shape index (κ2) is 20.2. The zero-order valence-electron chi connectivity index (χ0n) is 21.6. The Morgan fingerprint density at radius 2 is 0.974 bits per heavy atom. The summed E-state index contributed by atoms with van der Waals surface area (Å²) in [5.74, 6) is 0. The van der Waals surface area contributed by atoms with Crippen molar-refractivity contribution >= 4 is 41.4 Å². The van der Waals surface area contributed by atoms with Crippen molar-refractivity contribution in [1.82, 2.24) is 0 Å². The first-order valence-electron chi connectivity index (χ1n) is 12.2. The molecule has 0 saturated carbocycles. The Balaban J connectivity index is 0.000000264. The summed E-state index contributed by atoms with van der Waals surface area (Å²) >= 11 is 0. The van der Waals surface area contributed by atoms with E-state index in [1.54, 1.807) is 0 Å². The van der Waals surface area contributed by atoms with E-state index in [0.717, 1.165) is 15.9 Å². The monoisotopic (exact) mass is 727 g/mol. The van der Waals surface area contributed by atoms with Crippen LogP contribution in [0.5, 0.6) is 0 Å². The van der Waals surface area contributed by atoms with Gasteiger partial charge in [0.1, 0.15) is 9.52 Å². The molecule has 6 aromatic carbocycles. The largest absolute Gasteiger partial charge is 1.00 e. The Morgan fingerprint density at radius 1 is 0.538 bits per heavy atom. The molecule has 0 aliphatic heterocycles. The van der Waals surface area contributed by atoms with Crippen LogP contribution < -0.4 is 35.2 Å². The van der Waals surface area contributed by atoms with Gasteiger partial charge in [0.25, 0.3) is 0 Å². The molecule has 0 atom stereocenters. The van der Waals surface area contributed by atoms with Gasteiger partial charge >= 0.3 is 0 Å². The van der Waals surface area contributed by atoms with Crippen LogP contribution in [-0.4, -0.2) is 9.52 Å². The number of allylic oxidation sites excluding steroid dienone is 4. The van der Waals surface area contributed by atoms with Crippen LogP contribution in [0.4, 0.5) is 0 Å². The topological polar surface area (TPSA) is 0 Å². The van der Waals surface area contributed by atoms with Gasteiger partial charge in [0.05, 0.1) is 0 Å². The summed E-state index contributed by atoms with van der Waals surface area (Å²) in [7, 11) is 0.777. The molecule has 0 spiro atoms. The predicted octanol–water partition coefficient (Wildman–Crippen LogP) is 1.77. The molecule has 0 aromatic heterocycles. The number of rotatable bonds is 2. The van der Waals surface area contributed by atoms with Gasteiger partial charge in [0.2, 0.25) is 0 Å². The minimum absolute atomic E-state index is 0. The fourth-order valence-electron chi connectivity index (χ4n) is 3.69. The van der Waals surface area contributed by atoms with Crippen molar-refractivity contribution in [1.29, 1.82) is 0 Å². The van der Waals surface area contributed by atoms with Crippen molar-refractivity contribution in [3.8, 4) is 0 Å². The summed E-state index contributed by atoms with van der Waals surface area (Å²) in [6.45, 7) is 0. The van der Waals surface area contributed by atoms with Gasteiger partial charge in [-0.05, 0) is 0 Å². The van der Waals surface area contributed by atoms with Crippen molar-refractivity contribution in [2.75, 3.05) is 0 Å². The van der Waals surface area contributed by atoms with E-state index in [0.29, 0.717) is 0 Å². The molecule has 0 bridgehead atoms. The van der Waals surface area contributed by atoms with Crippen LogP contribution >= 0.6 is 0 Å². The molecule has 7 rings (SSSR count). The van der Waals surface area contributed by atoms with Gasteiger partial charge in [-0.15, -0.1) is 65.7 Å². The molecule has 0 fully saturated rings. The van der Waals surface area contributed by atoms with Crippen molar-refractivity contribution < 1.29 is 50.7 Å². The van der Waals surface area contributed by atoms with E-state index in [1.807, 2.05) is 12.2 Å². The average Bonchev–Trinajstić information content (AvgIpc) is 3.74. The van der Waals surface area contributed by atoms with E-state index < -0.39 is 0 Å². The first-order chi connectivity index (χ1) is 17.9. The second-order valence-corrected chi connectivity index (χ2v) is 9.57. The SMILES string of the molecule is [C-]1=CC=CC1.[Cl-].[Cl-].[Hf].c1ccc([Si]c2ccccc2)cc1.c1ccc2[cH-]ccc2c1.c1ccc2[cH-]ccc2c1. The maximum atomic E-state index is 2.99. The normalized spacial score (nSPS) is 10.3. The molecule has 1 aliphatic carbocycles. The van der Waals surface area contributed by atoms with E-state index in [9.17, 15) is 0 Å². The number of halogens is 2. The first kappa shape index (κ1) is 34.3. The van der Waals surface area contributed by atoms with Gasteiger partial charge in [-0.25, -0.2) is 12.2 Å². The molecule has 0 amide bonds. The first-order valence-corrected chi connectivity index (χ1v) is 13.2. The summed E-state index contributed by atoms with van der Waals surface area (Å²) in [6, 6.07) is 50.5. The fourth-order valence-corrected chi connectivity index (χ4v) is 4.74. The Morgan fingerprint density at radius 3 is 1.33 bits per heavy atom. The minimum Gasteiger partial charge on any atom is -1.00 e. The molecule has 0 unspecified atom stereocenters. The quantitative estimate of drug-likeness (QED) is 0.189. The van der Waals surface area contributed by atoms with Crippen LogP contribution in [0.15, 0.2) is 164 Å². The van der Waals surface area contributed by atoms with Crippen LogP contribution in [0.1, 0.15) is 6.42 Å². The standard InChI is InChI=1S/C12H10Si.2C9H7.C5H5.2ClH.Hf/c1-3-7-11(8-4-1)13-12-9-5-2-6-10-12;2*1-2-5-9-7-3-6-8(9)4-1;1-2-4-5-3-1;;;/h1-10H;2*1-7H;1-3H,4H2;2*1H;/q;3*-1;;;/p-2. The molecule has 0 heterocycles. The van der Waals surface area contributed by atoms with E-state index in [2.05, 4.69) is 158 Å². The molecule has 4 heteroatoms. The smallest absolute Gasteiger partial charge is 0.121 e. The van der Waals surface area contributed by atoms with Gasteiger partial charge < -0.3 is 24.8 Å². The number of hydrogen-bond acceptors (Lipinski definition) is 0. The summed E-state index contributed by atoms with van der Waals surface area (Å²) in [5.41, 5.74) is 0. The Hall–Kier alpha value is -2.75. The number of hydrogen-bond donors (Lipinski definition) is 0. The summed E-state index contributed by atoms with van der Waals surface area (Å²) in [5, 5.41) is 8.12. The zero-order valence-corrected chi connectivity index (χ0v) is 27.7. The summed E-state index contributed by atoms with van der Waals surface area (Å²) < 4.78 is 0. The van der Waals surface area contributed by atoms with E-state index in [1.165, 1.54) is 31.9 Å². The van der Waals surface area contributed by atoms with Crippen molar-refractivity contribution in [3.05, 3.63) is 170 Å². The number of fused-ring (bicyclic) bond motifs is 2. The molecule has 0 saturated heterocycles. The Kier molecular flexibility index (Phi) is 17.7. The summed E-state index contributed by atoms with van der Waals surface area (Å²) in [4.78, 5) is 0. The van der Waals surface area contributed by atoms with Crippen LogP contribution in [0.25, 0.3) is 21.5 Å². The van der Waals surface area contributed by atoms with Crippen molar-refractivity contribution in [3.63, 3.8) is 0 Å². The Labute approximate surface area is 266 Å². The molecule has 0 nitrogen and oxygen atoms in total. The molecule has 2 radical (unpaired) electrons. The van der Waals surface area contributed by atoms with Crippen LogP contribution in [0.2, 0.25) is 0 Å². The molecular weight excluding hydrogens is 698 g/mol. The molecule has 1 aliphatic rings. The van der Waals surface area contributed by atoms with Crippen molar-refractivity contribution in [2.45, 2.75) is 6.42 Å². The van der Waals surface area contributed by atoms with Gasteiger partial charge in [-0.2, -0.15) is 41.1 Å². The molecular formula is C35H29Cl2HfSi-5. The number of benzene rings is 4. The Bertz CT molecular complexity index is 1310. The van der Waals surface area contributed by atoms with Gasteiger partial charge in [0, 0.05) is 25.8 Å². The van der Waals surface area contributed by atoms with Crippen LogP contribution in [0.3, 0.4) is 0 Å². The zero-order chi connectivity index (χ0) is 24.7. The maximum absolute atomic E-state index is 2.99. The van der Waals surface area contributed by atoms with Gasteiger partial charge in [-0.1, -0.05) is 83.2 Å². The molecule has 0 N–H and O–H groups in total. The predicted molar refractivity (Wildman–Crippen MR) is 159 cm³/mol.